The molecular weight excluding hydrogens is 176 g/mol. The second-order valence-corrected chi connectivity index (χ2v) is 4.08. The van der Waals surface area contributed by atoms with Gasteiger partial charge in [0.15, 0.2) is 0 Å². The van der Waals surface area contributed by atoms with Gasteiger partial charge in [0.1, 0.15) is 12.2 Å². The second-order valence-electron chi connectivity index (χ2n) is 4.08. The monoisotopic (exact) mass is 192 g/mol. The number of hydrogen-bond donors (Lipinski definition) is 1. The van der Waals surface area contributed by atoms with Gasteiger partial charge in [-0.15, -0.1) is 10.2 Å². The summed E-state index contributed by atoms with van der Waals surface area (Å²) in [5, 5.41) is 8.11. The maximum Gasteiger partial charge on any atom is 0.140 e. The molecule has 2 N–H and O–H groups in total. The van der Waals surface area contributed by atoms with Gasteiger partial charge in [0.05, 0.1) is 0 Å². The molecule has 1 aromatic heterocycles. The van der Waals surface area contributed by atoms with Crippen LogP contribution < -0.4 is 5.73 Å². The summed E-state index contributed by atoms with van der Waals surface area (Å²) in [4.78, 5) is 0. The molecule has 0 aromatic carbocycles. The molecule has 0 bridgehead atoms. The zero-order chi connectivity index (χ0) is 10.1. The molecule has 1 aliphatic rings. The van der Waals surface area contributed by atoms with Gasteiger partial charge in [-0.1, -0.05) is 12.2 Å². The number of aromatic nitrogens is 3. The van der Waals surface area contributed by atoms with Crippen molar-refractivity contribution in [2.75, 3.05) is 0 Å². The van der Waals surface area contributed by atoms with Crippen molar-refractivity contribution in [1.82, 2.24) is 14.8 Å². The zero-order valence-corrected chi connectivity index (χ0v) is 8.59. The Labute approximate surface area is 83.8 Å². The summed E-state index contributed by atoms with van der Waals surface area (Å²) >= 11 is 0. The third kappa shape index (κ3) is 1.57. The molecule has 4 nitrogen and oxygen atoms in total. The van der Waals surface area contributed by atoms with Crippen LogP contribution in [0.2, 0.25) is 0 Å². The first kappa shape index (κ1) is 9.40. The lowest BCUT2D eigenvalue weighted by Crippen LogP contribution is -2.16. The predicted octanol–water partition coefficient (Wildman–Crippen LogP) is 1.23. The van der Waals surface area contributed by atoms with Crippen LogP contribution >= 0.6 is 0 Å². The SMILES string of the molecule is CC(C)n1cnnc1C1C=CC(N)C1. The van der Waals surface area contributed by atoms with E-state index in [-0.39, 0.29) is 6.04 Å². The largest absolute Gasteiger partial charge is 0.324 e. The maximum absolute atomic E-state index is 5.81. The van der Waals surface area contributed by atoms with Crippen LogP contribution in [0.25, 0.3) is 0 Å². The van der Waals surface area contributed by atoms with Crippen LogP contribution in [0.4, 0.5) is 0 Å². The molecular formula is C10H16N4. The van der Waals surface area contributed by atoms with Crippen LogP contribution in [0.15, 0.2) is 18.5 Å². The third-order valence-electron chi connectivity index (χ3n) is 2.61. The Bertz CT molecular complexity index is 340. The molecule has 4 heteroatoms. The molecule has 0 radical (unpaired) electrons. The Morgan fingerprint density at radius 3 is 2.86 bits per heavy atom. The van der Waals surface area contributed by atoms with Crippen LogP contribution in [-0.4, -0.2) is 20.8 Å². The molecule has 0 fully saturated rings. The van der Waals surface area contributed by atoms with Gasteiger partial charge < -0.3 is 10.3 Å². The van der Waals surface area contributed by atoms with Crippen molar-refractivity contribution in [3.63, 3.8) is 0 Å². The number of hydrogen-bond acceptors (Lipinski definition) is 3. The molecule has 2 unspecified atom stereocenters. The van der Waals surface area contributed by atoms with Crippen LogP contribution in [0, 0.1) is 0 Å². The maximum atomic E-state index is 5.81. The van der Waals surface area contributed by atoms with Gasteiger partial charge in [-0.2, -0.15) is 0 Å². The second kappa shape index (κ2) is 3.53. The lowest BCUT2D eigenvalue weighted by atomic mass is 10.1. The topological polar surface area (TPSA) is 56.7 Å². The minimum absolute atomic E-state index is 0.178. The van der Waals surface area contributed by atoms with Gasteiger partial charge in [0.2, 0.25) is 0 Å². The van der Waals surface area contributed by atoms with E-state index in [0.29, 0.717) is 12.0 Å². The highest BCUT2D eigenvalue weighted by atomic mass is 15.3. The van der Waals surface area contributed by atoms with Crippen molar-refractivity contribution in [2.45, 2.75) is 38.3 Å². The van der Waals surface area contributed by atoms with E-state index in [1.165, 1.54) is 0 Å². The molecule has 2 atom stereocenters. The van der Waals surface area contributed by atoms with Gasteiger partial charge in [-0.25, -0.2) is 0 Å². The highest BCUT2D eigenvalue weighted by Gasteiger charge is 2.22. The Balaban J connectivity index is 2.24. The first-order valence-corrected chi connectivity index (χ1v) is 5.02. The molecule has 14 heavy (non-hydrogen) atoms. The number of nitrogens with two attached hydrogens (primary N) is 1. The fourth-order valence-electron chi connectivity index (χ4n) is 1.83. The summed E-state index contributed by atoms with van der Waals surface area (Å²) in [5.41, 5.74) is 5.81. The van der Waals surface area contributed by atoms with Crippen molar-refractivity contribution in [2.24, 2.45) is 5.73 Å². The van der Waals surface area contributed by atoms with E-state index in [0.717, 1.165) is 12.2 Å². The Morgan fingerprint density at radius 1 is 1.50 bits per heavy atom. The summed E-state index contributed by atoms with van der Waals surface area (Å²) in [6, 6.07) is 0.586. The Hall–Kier alpha value is -1.16. The van der Waals surface area contributed by atoms with Crippen LogP contribution in [0.3, 0.4) is 0 Å². The summed E-state index contributed by atoms with van der Waals surface area (Å²) < 4.78 is 2.10. The average Bonchev–Trinajstić information content (AvgIpc) is 2.70. The van der Waals surface area contributed by atoms with E-state index in [1.807, 2.05) is 6.08 Å². The van der Waals surface area contributed by atoms with Crippen LogP contribution in [-0.2, 0) is 0 Å². The summed E-state index contributed by atoms with van der Waals surface area (Å²) in [7, 11) is 0. The highest BCUT2D eigenvalue weighted by Crippen LogP contribution is 2.27. The van der Waals surface area contributed by atoms with E-state index >= 15 is 0 Å². The zero-order valence-electron chi connectivity index (χ0n) is 8.59. The first-order chi connectivity index (χ1) is 6.68. The molecule has 76 valence electrons. The molecule has 1 aliphatic carbocycles. The Morgan fingerprint density at radius 2 is 2.29 bits per heavy atom. The Kier molecular flexibility index (Phi) is 2.37. The molecule has 0 saturated carbocycles. The van der Waals surface area contributed by atoms with E-state index < -0.39 is 0 Å². The number of allylic oxidation sites excluding steroid dienone is 1. The van der Waals surface area contributed by atoms with Crippen molar-refractivity contribution < 1.29 is 0 Å². The van der Waals surface area contributed by atoms with Crippen molar-refractivity contribution >= 4 is 0 Å². The van der Waals surface area contributed by atoms with E-state index in [1.54, 1.807) is 6.33 Å². The number of nitrogens with zero attached hydrogens (tertiary/aromatic N) is 3. The van der Waals surface area contributed by atoms with Gasteiger partial charge >= 0.3 is 0 Å². The molecule has 0 aliphatic heterocycles. The van der Waals surface area contributed by atoms with Gasteiger partial charge in [-0.3, -0.25) is 0 Å². The van der Waals surface area contributed by atoms with Gasteiger partial charge in [-0.05, 0) is 20.3 Å². The highest BCUT2D eigenvalue weighted by molar-refractivity contribution is 5.17. The van der Waals surface area contributed by atoms with Crippen molar-refractivity contribution in [3.05, 3.63) is 24.3 Å². The van der Waals surface area contributed by atoms with Crippen LogP contribution in [0.1, 0.15) is 38.1 Å². The molecule has 2 rings (SSSR count). The fraction of sp³-hybridized carbons (Fsp3) is 0.600. The minimum Gasteiger partial charge on any atom is -0.324 e. The summed E-state index contributed by atoms with van der Waals surface area (Å²) in [6.07, 6.45) is 6.92. The average molecular weight is 192 g/mol. The normalized spacial score (nSPS) is 26.3. The lowest BCUT2D eigenvalue weighted by molar-refractivity contribution is 0.542. The van der Waals surface area contributed by atoms with E-state index in [4.69, 9.17) is 5.73 Å². The molecule has 1 aromatic rings. The van der Waals surface area contributed by atoms with Crippen molar-refractivity contribution in [3.8, 4) is 0 Å². The van der Waals surface area contributed by atoms with Gasteiger partial charge in [0, 0.05) is 18.0 Å². The third-order valence-corrected chi connectivity index (χ3v) is 2.61. The lowest BCUT2D eigenvalue weighted by Gasteiger charge is -2.13. The fourth-order valence-corrected chi connectivity index (χ4v) is 1.83. The first-order valence-electron chi connectivity index (χ1n) is 5.02. The molecule has 0 saturated heterocycles. The smallest absolute Gasteiger partial charge is 0.140 e. The van der Waals surface area contributed by atoms with Crippen LogP contribution in [0.5, 0.6) is 0 Å². The van der Waals surface area contributed by atoms with E-state index in [2.05, 4.69) is 34.7 Å². The van der Waals surface area contributed by atoms with E-state index in [9.17, 15) is 0 Å². The summed E-state index contributed by atoms with van der Waals surface area (Å²) in [5.74, 6) is 1.37. The van der Waals surface area contributed by atoms with Gasteiger partial charge in [0.25, 0.3) is 0 Å². The number of rotatable bonds is 2. The summed E-state index contributed by atoms with van der Waals surface area (Å²) in [6.45, 7) is 4.26. The standard InChI is InChI=1S/C10H16N4/c1-7(2)14-6-12-13-10(14)8-3-4-9(11)5-8/h3-4,6-9H,5,11H2,1-2H3. The molecule has 1 heterocycles. The predicted molar refractivity (Wildman–Crippen MR) is 54.9 cm³/mol. The minimum atomic E-state index is 0.178. The van der Waals surface area contributed by atoms with Crippen molar-refractivity contribution in [1.29, 1.82) is 0 Å². The molecule has 0 spiro atoms. The molecule has 0 amide bonds. The quantitative estimate of drug-likeness (QED) is 0.717.